The van der Waals surface area contributed by atoms with E-state index in [0.29, 0.717) is 35.5 Å². The molecule has 0 saturated carbocycles. The second-order valence-electron chi connectivity index (χ2n) is 6.68. The van der Waals surface area contributed by atoms with Gasteiger partial charge in [0.1, 0.15) is 6.61 Å². The zero-order chi connectivity index (χ0) is 19.2. The van der Waals surface area contributed by atoms with Crippen molar-refractivity contribution in [2.75, 3.05) is 22.4 Å². The predicted molar refractivity (Wildman–Crippen MR) is 100 cm³/mol. The first kappa shape index (κ1) is 17.5. The van der Waals surface area contributed by atoms with E-state index in [1.54, 1.807) is 36.4 Å². The highest BCUT2D eigenvalue weighted by Gasteiger charge is 2.25. The summed E-state index contributed by atoms with van der Waals surface area (Å²) in [6.45, 7) is 0.658. The van der Waals surface area contributed by atoms with E-state index in [9.17, 15) is 18.0 Å². The highest BCUT2D eigenvalue weighted by Crippen LogP contribution is 2.30. The first-order valence-corrected chi connectivity index (χ1v) is 10.4. The fraction of sp³-hybridized carbons (Fsp3) is 0.263. The molecule has 0 aromatic heterocycles. The van der Waals surface area contributed by atoms with Crippen molar-refractivity contribution in [3.05, 3.63) is 58.7 Å². The Bertz CT molecular complexity index is 1060. The number of ether oxygens (including phenoxy) is 1. The Morgan fingerprint density at radius 2 is 1.96 bits per heavy atom. The Morgan fingerprint density at radius 1 is 1.15 bits per heavy atom. The van der Waals surface area contributed by atoms with Gasteiger partial charge in [-0.15, -0.1) is 0 Å². The molecule has 1 N–H and O–H groups in total. The molecule has 0 saturated heterocycles. The van der Waals surface area contributed by atoms with E-state index >= 15 is 0 Å². The third-order valence-electron chi connectivity index (χ3n) is 4.76. The topological polar surface area (TPSA) is 92.8 Å². The second kappa shape index (κ2) is 6.38. The lowest BCUT2D eigenvalue weighted by molar-refractivity contribution is 0.0535. The van der Waals surface area contributed by atoms with Crippen LogP contribution < -0.4 is 9.62 Å². The van der Waals surface area contributed by atoms with Gasteiger partial charge in [0.05, 0.1) is 17.5 Å². The minimum Gasteiger partial charge on any atom is -0.457 e. The third kappa shape index (κ3) is 3.28. The number of rotatable bonds is 3. The Morgan fingerprint density at radius 3 is 2.74 bits per heavy atom. The molecular weight excluding hydrogens is 368 g/mol. The highest BCUT2D eigenvalue weighted by atomic mass is 32.2. The van der Waals surface area contributed by atoms with E-state index < -0.39 is 10.0 Å². The fourth-order valence-electron chi connectivity index (χ4n) is 3.46. The Labute approximate surface area is 157 Å². The van der Waals surface area contributed by atoms with Gasteiger partial charge in [-0.1, -0.05) is 0 Å². The summed E-state index contributed by atoms with van der Waals surface area (Å²) in [5, 5.41) is 2.81. The molecule has 0 spiro atoms. The normalized spacial score (nSPS) is 15.7. The minimum atomic E-state index is -3.34. The molecule has 1 amide bonds. The smallest absolute Gasteiger partial charge is 0.338 e. The molecule has 2 heterocycles. The number of nitrogens with zero attached hydrogens (tertiary/aromatic N) is 1. The van der Waals surface area contributed by atoms with Gasteiger partial charge in [-0.25, -0.2) is 13.2 Å². The quantitative estimate of drug-likeness (QED) is 0.818. The van der Waals surface area contributed by atoms with Crippen LogP contribution in [0.25, 0.3) is 0 Å². The molecule has 140 valence electrons. The average molecular weight is 386 g/mol. The molecule has 0 atom stereocenters. The van der Waals surface area contributed by atoms with Gasteiger partial charge in [0.2, 0.25) is 10.0 Å². The molecule has 2 aliphatic rings. The van der Waals surface area contributed by atoms with Crippen LogP contribution in [0, 0.1) is 0 Å². The van der Waals surface area contributed by atoms with Gasteiger partial charge < -0.3 is 10.1 Å². The minimum absolute atomic E-state index is 0.206. The largest absolute Gasteiger partial charge is 0.457 e. The summed E-state index contributed by atoms with van der Waals surface area (Å²) in [6.07, 6.45) is 2.62. The van der Waals surface area contributed by atoms with Gasteiger partial charge in [0, 0.05) is 23.4 Å². The molecule has 0 aliphatic carbocycles. The fourth-order valence-corrected chi connectivity index (χ4v) is 4.46. The van der Waals surface area contributed by atoms with Crippen molar-refractivity contribution in [2.45, 2.75) is 19.4 Å². The summed E-state index contributed by atoms with van der Waals surface area (Å²) in [6, 6.07) is 10.1. The van der Waals surface area contributed by atoms with E-state index in [-0.39, 0.29) is 18.5 Å². The molecule has 4 rings (SSSR count). The summed E-state index contributed by atoms with van der Waals surface area (Å²) < 4.78 is 30.2. The van der Waals surface area contributed by atoms with Gasteiger partial charge in [0.25, 0.3) is 5.91 Å². The van der Waals surface area contributed by atoms with E-state index in [0.717, 1.165) is 17.5 Å². The van der Waals surface area contributed by atoms with Crippen LogP contribution in [0.4, 0.5) is 11.4 Å². The highest BCUT2D eigenvalue weighted by molar-refractivity contribution is 7.92. The number of hydrogen-bond donors (Lipinski definition) is 1. The zero-order valence-corrected chi connectivity index (χ0v) is 15.5. The molecule has 0 bridgehead atoms. The predicted octanol–water partition coefficient (Wildman–Crippen LogP) is 2.32. The number of aryl methyl sites for hydroxylation is 1. The molecule has 27 heavy (non-hydrogen) atoms. The summed E-state index contributed by atoms with van der Waals surface area (Å²) >= 11 is 0. The van der Waals surface area contributed by atoms with Crippen LogP contribution in [0.15, 0.2) is 36.4 Å². The van der Waals surface area contributed by atoms with Gasteiger partial charge in [-0.2, -0.15) is 0 Å². The average Bonchev–Trinajstić information content (AvgIpc) is 3.00. The Kier molecular flexibility index (Phi) is 4.15. The first-order valence-electron chi connectivity index (χ1n) is 8.55. The maximum atomic E-state index is 12.6. The summed E-state index contributed by atoms with van der Waals surface area (Å²) in [7, 11) is -3.34. The molecule has 2 aromatic carbocycles. The van der Waals surface area contributed by atoms with Gasteiger partial charge in [-0.05, 0) is 54.8 Å². The molecule has 0 radical (unpaired) electrons. The Balaban J connectivity index is 1.58. The van der Waals surface area contributed by atoms with Crippen LogP contribution in [-0.4, -0.2) is 33.1 Å². The first-order chi connectivity index (χ1) is 12.8. The number of sulfonamides is 1. The van der Waals surface area contributed by atoms with Crippen LogP contribution >= 0.6 is 0 Å². The summed E-state index contributed by atoms with van der Waals surface area (Å²) in [5.74, 6) is -0.646. The van der Waals surface area contributed by atoms with Gasteiger partial charge in [0.15, 0.2) is 0 Å². The lowest BCUT2D eigenvalue weighted by Crippen LogP contribution is -2.34. The molecule has 2 aliphatic heterocycles. The number of carbonyl (C=O) groups excluding carboxylic acids is 2. The number of carbonyl (C=O) groups is 2. The molecule has 0 fully saturated rings. The van der Waals surface area contributed by atoms with E-state index in [1.165, 1.54) is 10.6 Å². The summed E-state index contributed by atoms with van der Waals surface area (Å²) in [5.41, 5.74) is 3.76. The lowest BCUT2D eigenvalue weighted by atomic mass is 10.0. The van der Waals surface area contributed by atoms with Crippen molar-refractivity contribution < 1.29 is 22.7 Å². The number of amides is 1. The van der Waals surface area contributed by atoms with Crippen molar-refractivity contribution >= 4 is 33.3 Å². The number of esters is 1. The maximum Gasteiger partial charge on any atom is 0.338 e. The SMILES string of the molecule is CS(=O)(=O)N1CCCc2cc(C(=O)Nc3ccc4c(c3)COC4=O)ccc21. The number of fused-ring (bicyclic) bond motifs is 2. The molecular formula is C19H18N2O5S. The molecule has 2 aromatic rings. The van der Waals surface area contributed by atoms with Crippen LogP contribution in [0.2, 0.25) is 0 Å². The number of cyclic esters (lactones) is 1. The lowest BCUT2D eigenvalue weighted by Gasteiger charge is -2.29. The van der Waals surface area contributed by atoms with Crippen molar-refractivity contribution in [3.8, 4) is 0 Å². The standard InChI is InChI=1S/C19H18N2O5S/c1-27(24,25)21-8-2-3-12-9-13(4-7-17(12)21)18(22)20-15-5-6-16-14(10-15)11-26-19(16)23/h4-7,9-10H,2-3,8,11H2,1H3,(H,20,22). The van der Waals surface area contributed by atoms with Crippen LogP contribution in [0.5, 0.6) is 0 Å². The number of benzene rings is 2. The Hall–Kier alpha value is -2.87. The van der Waals surface area contributed by atoms with Gasteiger partial charge in [-0.3, -0.25) is 9.10 Å². The molecule has 0 unspecified atom stereocenters. The van der Waals surface area contributed by atoms with Crippen molar-refractivity contribution in [3.63, 3.8) is 0 Å². The van der Waals surface area contributed by atoms with E-state index in [4.69, 9.17) is 4.74 Å². The maximum absolute atomic E-state index is 12.6. The monoisotopic (exact) mass is 386 g/mol. The molecule has 8 heteroatoms. The summed E-state index contributed by atoms with van der Waals surface area (Å²) in [4.78, 5) is 24.1. The number of anilines is 2. The third-order valence-corrected chi connectivity index (χ3v) is 5.94. The van der Waals surface area contributed by atoms with Crippen molar-refractivity contribution in [2.24, 2.45) is 0 Å². The van der Waals surface area contributed by atoms with E-state index in [1.807, 2.05) is 0 Å². The van der Waals surface area contributed by atoms with Crippen molar-refractivity contribution in [1.29, 1.82) is 0 Å². The van der Waals surface area contributed by atoms with Gasteiger partial charge >= 0.3 is 5.97 Å². The number of nitrogens with one attached hydrogen (secondary N) is 1. The van der Waals surface area contributed by atoms with Crippen LogP contribution in [-0.2, 0) is 27.8 Å². The van der Waals surface area contributed by atoms with Crippen LogP contribution in [0.3, 0.4) is 0 Å². The van der Waals surface area contributed by atoms with Crippen molar-refractivity contribution in [1.82, 2.24) is 0 Å². The zero-order valence-electron chi connectivity index (χ0n) is 14.7. The van der Waals surface area contributed by atoms with Crippen LogP contribution in [0.1, 0.15) is 38.3 Å². The van der Waals surface area contributed by atoms with E-state index in [2.05, 4.69) is 5.32 Å². The molecule has 7 nitrogen and oxygen atoms in total. The number of hydrogen-bond acceptors (Lipinski definition) is 5. The second-order valence-corrected chi connectivity index (χ2v) is 8.59.